The molecular formula is C10H23N3O3S. The Balaban J connectivity index is 3.72. The second-order valence-electron chi connectivity index (χ2n) is 4.15. The first kappa shape index (κ1) is 16.3. The summed E-state index contributed by atoms with van der Waals surface area (Å²) < 4.78 is 25.3. The van der Waals surface area contributed by atoms with Crippen molar-refractivity contribution < 1.29 is 13.2 Å². The minimum Gasteiger partial charge on any atom is -0.355 e. The van der Waals surface area contributed by atoms with Gasteiger partial charge in [0.25, 0.3) is 0 Å². The van der Waals surface area contributed by atoms with Gasteiger partial charge in [0.1, 0.15) is 0 Å². The molecule has 0 spiro atoms. The van der Waals surface area contributed by atoms with Gasteiger partial charge in [-0.2, -0.15) is 0 Å². The van der Waals surface area contributed by atoms with E-state index in [4.69, 9.17) is 0 Å². The molecule has 0 aliphatic rings. The molecule has 1 amide bonds. The topological polar surface area (TPSA) is 87.3 Å². The van der Waals surface area contributed by atoms with Crippen LogP contribution in [0.5, 0.6) is 0 Å². The number of amides is 1. The molecule has 0 aliphatic carbocycles. The monoisotopic (exact) mass is 265 g/mol. The summed E-state index contributed by atoms with van der Waals surface area (Å²) in [5.74, 6) is -0.192. The maximum absolute atomic E-state index is 11.4. The van der Waals surface area contributed by atoms with Crippen molar-refractivity contribution in [1.82, 2.24) is 15.4 Å². The number of rotatable bonds is 9. The molecule has 17 heavy (non-hydrogen) atoms. The van der Waals surface area contributed by atoms with Crippen molar-refractivity contribution in [2.75, 3.05) is 25.9 Å². The van der Waals surface area contributed by atoms with Crippen LogP contribution in [0.2, 0.25) is 0 Å². The van der Waals surface area contributed by atoms with Gasteiger partial charge in [0.15, 0.2) is 0 Å². The SMILES string of the molecule is CNCCCC(=O)NCCS(=O)(=O)NC(C)C. The summed E-state index contributed by atoms with van der Waals surface area (Å²) in [5, 5.41) is 5.52. The number of carbonyl (C=O) groups excluding carboxylic acids is 1. The Morgan fingerprint density at radius 2 is 1.88 bits per heavy atom. The Bertz CT molecular complexity index is 315. The maximum atomic E-state index is 11.4. The smallest absolute Gasteiger partial charge is 0.220 e. The van der Waals surface area contributed by atoms with Crippen molar-refractivity contribution in [2.45, 2.75) is 32.7 Å². The normalized spacial score (nSPS) is 11.8. The Morgan fingerprint density at radius 1 is 1.24 bits per heavy atom. The van der Waals surface area contributed by atoms with Crippen LogP contribution in [-0.4, -0.2) is 46.3 Å². The number of hydrogen-bond donors (Lipinski definition) is 3. The van der Waals surface area contributed by atoms with E-state index in [0.29, 0.717) is 6.42 Å². The molecule has 3 N–H and O–H groups in total. The van der Waals surface area contributed by atoms with E-state index in [-0.39, 0.29) is 24.2 Å². The van der Waals surface area contributed by atoms with Gasteiger partial charge in [-0.05, 0) is 33.9 Å². The number of carbonyl (C=O) groups is 1. The highest BCUT2D eigenvalue weighted by Gasteiger charge is 2.11. The lowest BCUT2D eigenvalue weighted by molar-refractivity contribution is -0.121. The van der Waals surface area contributed by atoms with Gasteiger partial charge < -0.3 is 10.6 Å². The molecule has 0 unspecified atom stereocenters. The van der Waals surface area contributed by atoms with E-state index in [0.717, 1.165) is 13.0 Å². The highest BCUT2D eigenvalue weighted by molar-refractivity contribution is 7.89. The third kappa shape index (κ3) is 10.2. The zero-order valence-corrected chi connectivity index (χ0v) is 11.6. The molecule has 0 aromatic heterocycles. The van der Waals surface area contributed by atoms with Crippen molar-refractivity contribution in [1.29, 1.82) is 0 Å². The molecular weight excluding hydrogens is 242 g/mol. The van der Waals surface area contributed by atoms with Crippen molar-refractivity contribution >= 4 is 15.9 Å². The minimum atomic E-state index is -3.28. The molecule has 0 bridgehead atoms. The van der Waals surface area contributed by atoms with Crippen molar-refractivity contribution in [3.8, 4) is 0 Å². The molecule has 7 heteroatoms. The lowest BCUT2D eigenvalue weighted by Crippen LogP contribution is -2.37. The van der Waals surface area contributed by atoms with E-state index in [2.05, 4.69) is 15.4 Å². The zero-order valence-electron chi connectivity index (χ0n) is 10.7. The fraction of sp³-hybridized carbons (Fsp3) is 0.900. The zero-order chi connectivity index (χ0) is 13.3. The molecule has 0 saturated heterocycles. The lowest BCUT2D eigenvalue weighted by atomic mass is 10.3. The van der Waals surface area contributed by atoms with Gasteiger partial charge in [0.05, 0.1) is 5.75 Å². The molecule has 0 heterocycles. The third-order valence-corrected chi connectivity index (χ3v) is 3.51. The number of nitrogens with one attached hydrogen (secondary N) is 3. The molecule has 0 atom stereocenters. The van der Waals surface area contributed by atoms with Gasteiger partial charge in [-0.3, -0.25) is 4.79 Å². The highest BCUT2D eigenvalue weighted by atomic mass is 32.2. The second-order valence-corrected chi connectivity index (χ2v) is 6.02. The average molecular weight is 265 g/mol. The van der Waals surface area contributed by atoms with Crippen LogP contribution in [-0.2, 0) is 14.8 Å². The molecule has 0 aliphatic heterocycles. The van der Waals surface area contributed by atoms with Gasteiger partial charge in [-0.15, -0.1) is 0 Å². The van der Waals surface area contributed by atoms with E-state index in [1.54, 1.807) is 13.8 Å². The minimum absolute atomic E-state index is 0.0804. The largest absolute Gasteiger partial charge is 0.355 e. The molecule has 0 aromatic rings. The van der Waals surface area contributed by atoms with Crippen molar-refractivity contribution in [3.63, 3.8) is 0 Å². The van der Waals surface area contributed by atoms with Gasteiger partial charge >= 0.3 is 0 Å². The first-order valence-electron chi connectivity index (χ1n) is 5.78. The van der Waals surface area contributed by atoms with E-state index in [9.17, 15) is 13.2 Å². The summed E-state index contributed by atoms with van der Waals surface area (Å²) >= 11 is 0. The van der Waals surface area contributed by atoms with E-state index in [1.807, 2.05) is 7.05 Å². The lowest BCUT2D eigenvalue weighted by Gasteiger charge is -2.10. The molecule has 0 fully saturated rings. The van der Waals surface area contributed by atoms with Crippen LogP contribution in [0.25, 0.3) is 0 Å². The van der Waals surface area contributed by atoms with Crippen LogP contribution in [0.3, 0.4) is 0 Å². The summed E-state index contributed by atoms with van der Waals surface area (Å²) in [6, 6.07) is -0.119. The Kier molecular flexibility index (Phi) is 8.11. The fourth-order valence-electron chi connectivity index (χ4n) is 1.26. The van der Waals surface area contributed by atoms with Gasteiger partial charge in [0.2, 0.25) is 15.9 Å². The summed E-state index contributed by atoms with van der Waals surface area (Å²) in [5.41, 5.74) is 0. The summed E-state index contributed by atoms with van der Waals surface area (Å²) in [4.78, 5) is 11.3. The quantitative estimate of drug-likeness (QED) is 0.487. The van der Waals surface area contributed by atoms with Crippen molar-refractivity contribution in [3.05, 3.63) is 0 Å². The second kappa shape index (κ2) is 8.43. The van der Waals surface area contributed by atoms with Crippen LogP contribution in [0.15, 0.2) is 0 Å². The van der Waals surface area contributed by atoms with Crippen LogP contribution in [0.4, 0.5) is 0 Å². The first-order chi connectivity index (χ1) is 7.87. The Morgan fingerprint density at radius 3 is 2.41 bits per heavy atom. The molecule has 0 saturated carbocycles. The summed E-state index contributed by atoms with van der Waals surface area (Å²) in [6.07, 6.45) is 1.16. The molecule has 102 valence electrons. The molecule has 0 radical (unpaired) electrons. The predicted molar refractivity (Wildman–Crippen MR) is 68.2 cm³/mol. The van der Waals surface area contributed by atoms with Crippen molar-refractivity contribution in [2.24, 2.45) is 0 Å². The molecule has 0 rings (SSSR count). The van der Waals surface area contributed by atoms with Gasteiger partial charge in [-0.1, -0.05) is 0 Å². The summed E-state index contributed by atoms with van der Waals surface area (Å²) in [6.45, 7) is 4.45. The Hall–Kier alpha value is -0.660. The Labute approximate surface area is 104 Å². The van der Waals surface area contributed by atoms with Gasteiger partial charge in [-0.25, -0.2) is 13.1 Å². The van der Waals surface area contributed by atoms with E-state index >= 15 is 0 Å². The summed E-state index contributed by atoms with van der Waals surface area (Å²) in [7, 11) is -1.46. The maximum Gasteiger partial charge on any atom is 0.220 e. The van der Waals surface area contributed by atoms with E-state index in [1.165, 1.54) is 0 Å². The number of hydrogen-bond acceptors (Lipinski definition) is 4. The standard InChI is InChI=1S/C10H23N3O3S/c1-9(2)13-17(15,16)8-7-12-10(14)5-4-6-11-3/h9,11,13H,4-8H2,1-3H3,(H,12,14). The average Bonchev–Trinajstić information content (AvgIpc) is 2.15. The van der Waals surface area contributed by atoms with Gasteiger partial charge in [0, 0.05) is 19.0 Å². The van der Waals surface area contributed by atoms with Crippen LogP contribution >= 0.6 is 0 Å². The highest BCUT2D eigenvalue weighted by Crippen LogP contribution is 1.89. The number of sulfonamides is 1. The third-order valence-electron chi connectivity index (χ3n) is 1.94. The van der Waals surface area contributed by atoms with E-state index < -0.39 is 10.0 Å². The van der Waals surface area contributed by atoms with Crippen LogP contribution in [0.1, 0.15) is 26.7 Å². The first-order valence-corrected chi connectivity index (χ1v) is 7.44. The van der Waals surface area contributed by atoms with Crippen LogP contribution in [0, 0.1) is 0 Å². The van der Waals surface area contributed by atoms with Crippen LogP contribution < -0.4 is 15.4 Å². The predicted octanol–water partition coefficient (Wildman–Crippen LogP) is -0.570. The molecule has 6 nitrogen and oxygen atoms in total. The molecule has 0 aromatic carbocycles. The fourth-order valence-corrected chi connectivity index (χ4v) is 2.46.